The van der Waals surface area contributed by atoms with Crippen molar-refractivity contribution in [3.8, 4) is 0 Å². The Labute approximate surface area is 215 Å². The van der Waals surface area contributed by atoms with Crippen LogP contribution >= 0.6 is 0 Å². The molecule has 0 bridgehead atoms. The molecule has 2 saturated heterocycles. The van der Waals surface area contributed by atoms with Crippen molar-refractivity contribution in [1.29, 1.82) is 0 Å². The highest BCUT2D eigenvalue weighted by atomic mass is 16.2. The monoisotopic (exact) mass is 488 g/mol. The molecule has 0 radical (unpaired) electrons. The first kappa shape index (κ1) is 25.0. The SMILES string of the molecule is CC(N)C(=O)NC(CC1CC1)C(=O)N1CC(c2ccccc2)CC1CN1CCC(c2ccccc2)C1. The molecule has 2 aromatic carbocycles. The van der Waals surface area contributed by atoms with Gasteiger partial charge in [0.2, 0.25) is 11.8 Å². The quantitative estimate of drug-likeness (QED) is 0.566. The zero-order chi connectivity index (χ0) is 25.1. The Balaban J connectivity index is 1.32. The van der Waals surface area contributed by atoms with Crippen LogP contribution in [0.15, 0.2) is 60.7 Å². The second-order valence-electron chi connectivity index (χ2n) is 11.2. The van der Waals surface area contributed by atoms with Crippen LogP contribution in [0.4, 0.5) is 0 Å². The molecule has 0 spiro atoms. The predicted octanol–water partition coefficient (Wildman–Crippen LogP) is 3.49. The van der Waals surface area contributed by atoms with Crippen molar-refractivity contribution in [2.45, 2.75) is 69.0 Å². The molecule has 3 fully saturated rings. The summed E-state index contributed by atoms with van der Waals surface area (Å²) in [5.74, 6) is 1.23. The summed E-state index contributed by atoms with van der Waals surface area (Å²) >= 11 is 0. The number of nitrogens with two attached hydrogens (primary N) is 1. The number of nitrogens with one attached hydrogen (secondary N) is 1. The minimum absolute atomic E-state index is 0.0677. The molecule has 6 nitrogen and oxygen atoms in total. The van der Waals surface area contributed by atoms with Gasteiger partial charge in [0.15, 0.2) is 0 Å². The van der Waals surface area contributed by atoms with Crippen LogP contribution in [0.1, 0.15) is 62.0 Å². The summed E-state index contributed by atoms with van der Waals surface area (Å²) in [6.07, 6.45) is 5.11. The van der Waals surface area contributed by atoms with E-state index in [9.17, 15) is 9.59 Å². The molecular formula is C30H40N4O2. The van der Waals surface area contributed by atoms with Crippen LogP contribution in [0.5, 0.6) is 0 Å². The van der Waals surface area contributed by atoms with E-state index in [1.165, 1.54) is 11.1 Å². The van der Waals surface area contributed by atoms with Crippen LogP contribution in [0.3, 0.4) is 0 Å². The Morgan fingerprint density at radius 1 is 0.944 bits per heavy atom. The van der Waals surface area contributed by atoms with E-state index < -0.39 is 12.1 Å². The van der Waals surface area contributed by atoms with Crippen molar-refractivity contribution < 1.29 is 9.59 Å². The van der Waals surface area contributed by atoms with Crippen molar-refractivity contribution in [1.82, 2.24) is 15.1 Å². The summed E-state index contributed by atoms with van der Waals surface area (Å²) in [7, 11) is 0. The summed E-state index contributed by atoms with van der Waals surface area (Å²) in [6, 6.07) is 20.4. The first-order valence-electron chi connectivity index (χ1n) is 13.7. The first-order chi connectivity index (χ1) is 17.5. The predicted molar refractivity (Wildman–Crippen MR) is 142 cm³/mol. The molecule has 1 saturated carbocycles. The van der Waals surface area contributed by atoms with Crippen LogP contribution in [-0.2, 0) is 9.59 Å². The van der Waals surface area contributed by atoms with Gasteiger partial charge in [-0.2, -0.15) is 0 Å². The zero-order valence-corrected chi connectivity index (χ0v) is 21.4. The lowest BCUT2D eigenvalue weighted by Gasteiger charge is -2.32. The third-order valence-corrected chi connectivity index (χ3v) is 8.27. The Morgan fingerprint density at radius 2 is 1.58 bits per heavy atom. The second kappa shape index (κ2) is 11.1. The van der Waals surface area contributed by atoms with Crippen molar-refractivity contribution in [3.63, 3.8) is 0 Å². The molecule has 5 rings (SSSR count). The second-order valence-corrected chi connectivity index (χ2v) is 11.2. The van der Waals surface area contributed by atoms with Gasteiger partial charge in [-0.05, 0) is 55.7 Å². The summed E-state index contributed by atoms with van der Waals surface area (Å²) in [5.41, 5.74) is 8.53. The Hall–Kier alpha value is -2.70. The van der Waals surface area contributed by atoms with E-state index in [1.807, 2.05) is 6.07 Å². The van der Waals surface area contributed by atoms with Crippen molar-refractivity contribution in [3.05, 3.63) is 71.8 Å². The van der Waals surface area contributed by atoms with Crippen molar-refractivity contribution in [2.75, 3.05) is 26.2 Å². The molecule has 2 heterocycles. The summed E-state index contributed by atoms with van der Waals surface area (Å²) in [6.45, 7) is 5.36. The third-order valence-electron chi connectivity index (χ3n) is 8.27. The highest BCUT2D eigenvalue weighted by Crippen LogP contribution is 2.37. The third kappa shape index (κ3) is 5.98. The van der Waals surface area contributed by atoms with Gasteiger partial charge in [0.05, 0.1) is 6.04 Å². The zero-order valence-electron chi connectivity index (χ0n) is 21.4. The Bertz CT molecular complexity index is 1020. The number of amides is 2. The van der Waals surface area contributed by atoms with E-state index in [2.05, 4.69) is 69.7 Å². The number of hydrogen-bond acceptors (Lipinski definition) is 4. The summed E-state index contributed by atoms with van der Waals surface area (Å²) in [4.78, 5) is 31.1. The van der Waals surface area contributed by atoms with Gasteiger partial charge >= 0.3 is 0 Å². The topological polar surface area (TPSA) is 78.7 Å². The van der Waals surface area contributed by atoms with Crippen LogP contribution in [0.25, 0.3) is 0 Å². The molecule has 192 valence electrons. The number of nitrogens with zero attached hydrogens (tertiary/aromatic N) is 2. The normalized spacial score (nSPS) is 26.1. The van der Waals surface area contributed by atoms with Gasteiger partial charge in [-0.15, -0.1) is 0 Å². The molecule has 0 aromatic heterocycles. The van der Waals surface area contributed by atoms with Gasteiger partial charge in [-0.3, -0.25) is 9.59 Å². The molecule has 5 atom stereocenters. The average molecular weight is 489 g/mol. The molecule has 36 heavy (non-hydrogen) atoms. The van der Waals surface area contributed by atoms with Gasteiger partial charge in [0, 0.05) is 31.6 Å². The standard InChI is InChI=1S/C30H40N4O2/c1-21(31)29(35)32-28(16-22-12-13-22)30(36)34-19-26(24-10-6-3-7-11-24)17-27(34)20-33-15-14-25(18-33)23-8-4-2-5-9-23/h2-11,21-22,25-28H,12-20,31H2,1H3,(H,32,35). The number of carbonyl (C=O) groups is 2. The van der Waals surface area contributed by atoms with E-state index in [0.29, 0.717) is 24.3 Å². The number of carbonyl (C=O) groups excluding carboxylic acids is 2. The molecular weight excluding hydrogens is 448 g/mol. The van der Waals surface area contributed by atoms with Crippen molar-refractivity contribution >= 4 is 11.8 Å². The molecule has 5 unspecified atom stereocenters. The highest BCUT2D eigenvalue weighted by molar-refractivity contribution is 5.90. The summed E-state index contributed by atoms with van der Waals surface area (Å²) < 4.78 is 0. The Kier molecular flexibility index (Phi) is 7.73. The average Bonchev–Trinajstić information content (AvgIpc) is 3.43. The van der Waals surface area contributed by atoms with Crippen LogP contribution in [-0.4, -0.2) is 65.9 Å². The maximum absolute atomic E-state index is 14.0. The molecule has 1 aliphatic carbocycles. The smallest absolute Gasteiger partial charge is 0.245 e. The van der Waals surface area contributed by atoms with E-state index in [0.717, 1.165) is 51.7 Å². The van der Waals surface area contributed by atoms with Gasteiger partial charge in [-0.1, -0.05) is 73.5 Å². The minimum atomic E-state index is -0.620. The van der Waals surface area contributed by atoms with E-state index in [-0.39, 0.29) is 17.9 Å². The maximum atomic E-state index is 14.0. The van der Waals surface area contributed by atoms with Gasteiger partial charge in [-0.25, -0.2) is 0 Å². The molecule has 2 aromatic rings. The first-order valence-corrected chi connectivity index (χ1v) is 13.7. The lowest BCUT2D eigenvalue weighted by atomic mass is 9.96. The lowest BCUT2D eigenvalue weighted by Crippen LogP contribution is -2.54. The van der Waals surface area contributed by atoms with Gasteiger partial charge < -0.3 is 20.9 Å². The largest absolute Gasteiger partial charge is 0.343 e. The number of benzene rings is 2. The highest BCUT2D eigenvalue weighted by Gasteiger charge is 2.42. The minimum Gasteiger partial charge on any atom is -0.343 e. The van der Waals surface area contributed by atoms with Crippen LogP contribution < -0.4 is 11.1 Å². The summed E-state index contributed by atoms with van der Waals surface area (Å²) in [5, 5.41) is 2.99. The number of hydrogen-bond donors (Lipinski definition) is 2. The molecule has 3 N–H and O–H groups in total. The fraction of sp³-hybridized carbons (Fsp3) is 0.533. The maximum Gasteiger partial charge on any atom is 0.245 e. The van der Waals surface area contributed by atoms with Crippen molar-refractivity contribution in [2.24, 2.45) is 11.7 Å². The van der Waals surface area contributed by atoms with Gasteiger partial charge in [0.25, 0.3) is 0 Å². The molecule has 2 amide bonds. The van der Waals surface area contributed by atoms with Crippen LogP contribution in [0.2, 0.25) is 0 Å². The molecule has 2 aliphatic heterocycles. The Morgan fingerprint density at radius 3 is 2.19 bits per heavy atom. The molecule has 6 heteroatoms. The number of rotatable bonds is 9. The molecule has 3 aliphatic rings. The van der Waals surface area contributed by atoms with Gasteiger partial charge in [0.1, 0.15) is 6.04 Å². The van der Waals surface area contributed by atoms with E-state index >= 15 is 0 Å². The number of likely N-dealkylation sites (tertiary alicyclic amines) is 2. The van der Waals surface area contributed by atoms with E-state index in [1.54, 1.807) is 6.92 Å². The van der Waals surface area contributed by atoms with Crippen LogP contribution in [0, 0.1) is 5.92 Å². The lowest BCUT2D eigenvalue weighted by molar-refractivity contribution is -0.138. The van der Waals surface area contributed by atoms with E-state index in [4.69, 9.17) is 5.73 Å². The fourth-order valence-electron chi connectivity index (χ4n) is 6.03. The fourth-order valence-corrected chi connectivity index (χ4v) is 6.03.